The van der Waals surface area contributed by atoms with E-state index >= 15 is 0 Å². The van der Waals surface area contributed by atoms with Crippen molar-refractivity contribution in [1.82, 2.24) is 10.6 Å². The number of piperazine rings is 1. The number of amides is 1. The van der Waals surface area contributed by atoms with Gasteiger partial charge in [0.05, 0.1) is 10.6 Å². The number of hydrogen-bond acceptors (Lipinski definition) is 3. The van der Waals surface area contributed by atoms with Crippen LogP contribution in [0.3, 0.4) is 0 Å². The lowest BCUT2D eigenvalue weighted by Crippen LogP contribution is -2.51. The largest absolute Gasteiger partial charge is 0.366 e. The molecule has 2 N–H and O–H groups in total. The maximum atomic E-state index is 13.1. The Hall–Kier alpha value is -1.26. The number of benzene rings is 1. The molecule has 4 saturated carbocycles. The van der Waals surface area contributed by atoms with Gasteiger partial charge in [-0.05, 0) is 86.3 Å². The number of carbonyl (C=O) groups is 1. The lowest BCUT2D eigenvalue weighted by atomic mass is 9.49. The van der Waals surface area contributed by atoms with Gasteiger partial charge in [0.15, 0.2) is 0 Å². The van der Waals surface area contributed by atoms with Crippen LogP contribution in [0.25, 0.3) is 0 Å². The predicted molar refractivity (Wildman–Crippen MR) is 112 cm³/mol. The minimum Gasteiger partial charge on any atom is -0.366 e. The fourth-order valence-electron chi connectivity index (χ4n) is 7.61. The summed E-state index contributed by atoms with van der Waals surface area (Å²) in [4.78, 5) is 15.5. The molecular formula is C23H30ClN3O. The zero-order chi connectivity index (χ0) is 18.9. The van der Waals surface area contributed by atoms with E-state index in [1.807, 2.05) is 12.1 Å². The standard InChI is InChI=1S/C23H30ClN3O/c24-21-2-1-18(27-12-17-6-19(27)11-25-17)7-20(21)22(28)26-13-23-8-14-3-15(9-23)5-16(4-14)10-23/h1-2,7,14-17,19,25H,3-6,8-13H2,(H,26,28)/t14?,15?,16?,17-,19-,23?/m0/s1. The molecule has 2 atom stereocenters. The molecule has 1 aromatic carbocycles. The van der Waals surface area contributed by atoms with Gasteiger partial charge in [-0.15, -0.1) is 0 Å². The van der Waals surface area contributed by atoms with Crippen molar-refractivity contribution in [3.8, 4) is 0 Å². The molecule has 0 aromatic heterocycles. The molecule has 4 nitrogen and oxygen atoms in total. The Kier molecular flexibility index (Phi) is 4.00. The Morgan fingerprint density at radius 3 is 2.46 bits per heavy atom. The first-order valence-electron chi connectivity index (χ1n) is 11.1. The van der Waals surface area contributed by atoms with Gasteiger partial charge in [0, 0.05) is 37.4 Å². The first kappa shape index (κ1) is 17.6. The summed E-state index contributed by atoms with van der Waals surface area (Å²) in [5.41, 5.74) is 2.13. The second-order valence-electron chi connectivity index (χ2n) is 10.4. The number of fused-ring (bicyclic) bond motifs is 2. The number of carbonyl (C=O) groups excluding carboxylic acids is 1. The van der Waals surface area contributed by atoms with Gasteiger partial charge in [0.2, 0.25) is 0 Å². The Balaban J connectivity index is 1.17. The normalized spacial score (nSPS) is 40.3. The molecule has 0 radical (unpaired) electrons. The van der Waals surface area contributed by atoms with Crippen LogP contribution < -0.4 is 15.5 Å². The van der Waals surface area contributed by atoms with Crippen LogP contribution in [0.2, 0.25) is 5.02 Å². The number of halogens is 1. The van der Waals surface area contributed by atoms with E-state index in [1.165, 1.54) is 44.9 Å². The quantitative estimate of drug-likeness (QED) is 0.808. The Bertz CT molecular complexity index is 774. The van der Waals surface area contributed by atoms with Crippen LogP contribution in [-0.2, 0) is 0 Å². The smallest absolute Gasteiger partial charge is 0.252 e. The fraction of sp³-hybridized carbons (Fsp3) is 0.696. The van der Waals surface area contributed by atoms with Crippen molar-refractivity contribution in [1.29, 1.82) is 0 Å². The van der Waals surface area contributed by atoms with E-state index in [2.05, 4.69) is 21.6 Å². The summed E-state index contributed by atoms with van der Waals surface area (Å²) >= 11 is 6.44. The monoisotopic (exact) mass is 399 g/mol. The summed E-state index contributed by atoms with van der Waals surface area (Å²) in [6.07, 6.45) is 9.47. The SMILES string of the molecule is O=C(NCC12CC3CC(CC(C3)C1)C2)c1cc(N2C[C@@H]3C[C@H]2CN3)ccc1Cl. The predicted octanol–water partition coefficient (Wildman–Crippen LogP) is 3.84. The van der Waals surface area contributed by atoms with Crippen molar-refractivity contribution in [2.24, 2.45) is 23.2 Å². The molecule has 150 valence electrons. The van der Waals surface area contributed by atoms with Crippen molar-refractivity contribution in [3.63, 3.8) is 0 Å². The van der Waals surface area contributed by atoms with E-state index in [1.54, 1.807) is 0 Å². The third-order valence-electron chi connectivity index (χ3n) is 8.37. The highest BCUT2D eigenvalue weighted by molar-refractivity contribution is 6.34. The first-order valence-corrected chi connectivity index (χ1v) is 11.5. The lowest BCUT2D eigenvalue weighted by molar-refractivity contribution is -0.0503. The van der Waals surface area contributed by atoms with Gasteiger partial charge < -0.3 is 15.5 Å². The lowest BCUT2D eigenvalue weighted by Gasteiger charge is -2.56. The Morgan fingerprint density at radius 2 is 1.86 bits per heavy atom. The molecule has 1 aromatic rings. The van der Waals surface area contributed by atoms with Gasteiger partial charge >= 0.3 is 0 Å². The first-order chi connectivity index (χ1) is 13.6. The summed E-state index contributed by atoms with van der Waals surface area (Å²) in [6.45, 7) is 2.90. The summed E-state index contributed by atoms with van der Waals surface area (Å²) in [5.74, 6) is 2.74. The summed E-state index contributed by atoms with van der Waals surface area (Å²) in [5, 5.41) is 7.40. The van der Waals surface area contributed by atoms with Gasteiger partial charge in [-0.2, -0.15) is 0 Å². The van der Waals surface area contributed by atoms with Crippen molar-refractivity contribution >= 4 is 23.2 Å². The van der Waals surface area contributed by atoms with Crippen molar-refractivity contribution in [2.75, 3.05) is 24.5 Å². The molecule has 28 heavy (non-hydrogen) atoms. The van der Waals surface area contributed by atoms with Gasteiger partial charge in [-0.3, -0.25) is 4.79 Å². The molecule has 5 heteroatoms. The average molecular weight is 400 g/mol. The fourth-order valence-corrected chi connectivity index (χ4v) is 7.82. The van der Waals surface area contributed by atoms with E-state index in [0.717, 1.165) is 43.1 Å². The Morgan fingerprint density at radius 1 is 1.14 bits per heavy atom. The Labute approximate surface area is 172 Å². The number of anilines is 1. The molecule has 4 aliphatic carbocycles. The summed E-state index contributed by atoms with van der Waals surface area (Å²) < 4.78 is 0. The van der Waals surface area contributed by atoms with Crippen LogP contribution >= 0.6 is 11.6 Å². The molecule has 6 aliphatic rings. The number of nitrogens with zero attached hydrogens (tertiary/aromatic N) is 1. The van der Waals surface area contributed by atoms with Crippen LogP contribution in [-0.4, -0.2) is 37.6 Å². The van der Waals surface area contributed by atoms with Crippen molar-refractivity contribution < 1.29 is 4.79 Å². The topological polar surface area (TPSA) is 44.4 Å². The third-order valence-corrected chi connectivity index (χ3v) is 8.70. The van der Waals surface area contributed by atoms with Crippen LogP contribution in [0.4, 0.5) is 5.69 Å². The average Bonchev–Trinajstić information content (AvgIpc) is 3.29. The molecule has 2 aliphatic heterocycles. The highest BCUT2D eigenvalue weighted by Crippen LogP contribution is 2.59. The molecule has 6 fully saturated rings. The number of rotatable bonds is 4. The van der Waals surface area contributed by atoms with Crippen LogP contribution in [0.5, 0.6) is 0 Å². The number of nitrogens with one attached hydrogen (secondary N) is 2. The molecule has 6 bridgehead atoms. The van der Waals surface area contributed by atoms with Crippen LogP contribution in [0, 0.1) is 23.2 Å². The summed E-state index contributed by atoms with van der Waals surface area (Å²) in [6, 6.07) is 7.12. The highest BCUT2D eigenvalue weighted by Gasteiger charge is 2.50. The molecule has 2 saturated heterocycles. The molecule has 1 amide bonds. The van der Waals surface area contributed by atoms with Gasteiger partial charge in [-0.1, -0.05) is 11.6 Å². The van der Waals surface area contributed by atoms with E-state index < -0.39 is 0 Å². The van der Waals surface area contributed by atoms with Crippen LogP contribution in [0.15, 0.2) is 18.2 Å². The second kappa shape index (κ2) is 6.37. The molecule has 2 heterocycles. The molecule has 7 rings (SSSR count). The molecule has 0 unspecified atom stereocenters. The van der Waals surface area contributed by atoms with Crippen LogP contribution in [0.1, 0.15) is 55.3 Å². The van der Waals surface area contributed by atoms with E-state index in [9.17, 15) is 4.79 Å². The third kappa shape index (κ3) is 2.87. The van der Waals surface area contributed by atoms with Gasteiger partial charge in [0.1, 0.15) is 0 Å². The van der Waals surface area contributed by atoms with E-state index in [0.29, 0.717) is 28.1 Å². The van der Waals surface area contributed by atoms with Gasteiger partial charge in [0.25, 0.3) is 5.91 Å². The van der Waals surface area contributed by atoms with Crippen molar-refractivity contribution in [3.05, 3.63) is 28.8 Å². The number of hydrogen-bond donors (Lipinski definition) is 2. The maximum Gasteiger partial charge on any atom is 0.252 e. The minimum atomic E-state index is 0.00470. The zero-order valence-electron chi connectivity index (χ0n) is 16.4. The van der Waals surface area contributed by atoms with E-state index in [-0.39, 0.29) is 5.91 Å². The zero-order valence-corrected chi connectivity index (χ0v) is 17.2. The minimum absolute atomic E-state index is 0.00470. The second-order valence-corrected chi connectivity index (χ2v) is 10.8. The van der Waals surface area contributed by atoms with Gasteiger partial charge in [-0.25, -0.2) is 0 Å². The van der Waals surface area contributed by atoms with Crippen molar-refractivity contribution in [2.45, 2.75) is 57.0 Å². The van der Waals surface area contributed by atoms with E-state index in [4.69, 9.17) is 11.6 Å². The summed E-state index contributed by atoms with van der Waals surface area (Å²) in [7, 11) is 0. The molecule has 0 spiro atoms. The molecular weight excluding hydrogens is 370 g/mol. The highest BCUT2D eigenvalue weighted by atomic mass is 35.5. The maximum absolute atomic E-state index is 13.1.